The van der Waals surface area contributed by atoms with Crippen molar-refractivity contribution < 1.29 is 32.3 Å². The quantitative estimate of drug-likeness (QED) is 0.747. The van der Waals surface area contributed by atoms with Crippen LogP contribution in [0, 0.1) is 0 Å². The molecule has 0 unspecified atom stereocenters. The van der Waals surface area contributed by atoms with E-state index in [0.717, 1.165) is 5.56 Å². The first-order chi connectivity index (χ1) is 8.52. The van der Waals surface area contributed by atoms with Crippen LogP contribution in [0.3, 0.4) is 0 Å². The first kappa shape index (κ1) is 16.5. The molecule has 1 atom stereocenters. The largest absolute Gasteiger partial charge is 0.476 e. The van der Waals surface area contributed by atoms with Gasteiger partial charge in [0.1, 0.15) is 0 Å². The van der Waals surface area contributed by atoms with Crippen LogP contribution in [0.4, 0.5) is 0 Å². The molecule has 0 amide bonds. The van der Waals surface area contributed by atoms with Crippen molar-refractivity contribution in [2.45, 2.75) is 13.0 Å². The molecule has 0 aliphatic rings. The van der Waals surface area contributed by atoms with Crippen molar-refractivity contribution in [2.75, 3.05) is 0 Å². The molecular formula is C12H10AgBrClN2O2. The normalized spacial score (nSPS) is 11.7. The molecule has 1 aromatic heterocycles. The van der Waals surface area contributed by atoms with Crippen LogP contribution in [-0.2, 0) is 22.4 Å². The Bertz CT molecular complexity index is 589. The summed E-state index contributed by atoms with van der Waals surface area (Å²) in [6, 6.07) is 9.39. The average Bonchev–Trinajstić information content (AvgIpc) is 2.64. The third-order valence-electron chi connectivity index (χ3n) is 2.70. The van der Waals surface area contributed by atoms with Gasteiger partial charge in [-0.05, 0) is 28.4 Å². The zero-order chi connectivity index (χ0) is 13.3. The number of halogens is 2. The summed E-state index contributed by atoms with van der Waals surface area (Å²) in [6.07, 6.45) is 0. The number of hydrogen-bond donors (Lipinski definition) is 1. The van der Waals surface area contributed by atoms with Crippen LogP contribution in [0.15, 0.2) is 35.1 Å². The summed E-state index contributed by atoms with van der Waals surface area (Å²) in [5.41, 5.74) is 0.967. The summed E-state index contributed by atoms with van der Waals surface area (Å²) in [5.74, 6) is -1.10. The first-order valence-electron chi connectivity index (χ1n) is 5.24. The monoisotopic (exact) mass is 435 g/mol. The molecule has 1 radical (unpaired) electrons. The summed E-state index contributed by atoms with van der Waals surface area (Å²) in [7, 11) is 0. The second-order valence-electron chi connectivity index (χ2n) is 3.78. The minimum absolute atomic E-state index is 0. The van der Waals surface area contributed by atoms with Gasteiger partial charge in [0.15, 0.2) is 15.6 Å². The molecule has 1 aromatic carbocycles. The number of carboxylic acids is 1. The van der Waals surface area contributed by atoms with Gasteiger partial charge in [0, 0.05) is 22.4 Å². The first-order valence-corrected chi connectivity index (χ1v) is 6.41. The molecule has 0 saturated heterocycles. The van der Waals surface area contributed by atoms with Gasteiger partial charge in [0.05, 0.1) is 6.04 Å². The fourth-order valence-electron chi connectivity index (χ4n) is 1.80. The molecule has 7 heteroatoms. The summed E-state index contributed by atoms with van der Waals surface area (Å²) in [6.45, 7) is 1.89. The van der Waals surface area contributed by atoms with Crippen molar-refractivity contribution in [2.24, 2.45) is 0 Å². The standard InChI is InChI=1S/C12H10BrClN2O2.Ag/c1-7(8-5-3-2-4-6-8)16-9(11(17)18)10(14)15-12(16)13;/h2-7H,1H3,(H,17,18);/t7-;/m1./s1. The van der Waals surface area contributed by atoms with Gasteiger partial charge in [0.25, 0.3) is 0 Å². The van der Waals surface area contributed by atoms with E-state index in [0.29, 0.717) is 4.73 Å². The Balaban J connectivity index is 0.00000180. The maximum Gasteiger partial charge on any atom is 0.355 e. The van der Waals surface area contributed by atoms with E-state index in [4.69, 9.17) is 11.6 Å². The Hall–Kier alpha value is -0.590. The molecule has 0 saturated carbocycles. The number of aromatic nitrogens is 2. The van der Waals surface area contributed by atoms with Gasteiger partial charge in [-0.3, -0.25) is 0 Å². The fourth-order valence-corrected chi connectivity index (χ4v) is 2.82. The van der Waals surface area contributed by atoms with E-state index < -0.39 is 5.97 Å². The predicted molar refractivity (Wildman–Crippen MR) is 72.2 cm³/mol. The van der Waals surface area contributed by atoms with E-state index >= 15 is 0 Å². The number of hydrogen-bond acceptors (Lipinski definition) is 2. The van der Waals surface area contributed by atoms with Crippen LogP contribution in [-0.4, -0.2) is 20.6 Å². The van der Waals surface area contributed by atoms with Crippen molar-refractivity contribution in [1.82, 2.24) is 9.55 Å². The van der Waals surface area contributed by atoms with E-state index in [9.17, 15) is 9.90 Å². The van der Waals surface area contributed by atoms with Crippen LogP contribution in [0.5, 0.6) is 0 Å². The molecule has 0 aliphatic heterocycles. The molecular weight excluding hydrogens is 427 g/mol. The molecule has 1 N–H and O–H groups in total. The number of rotatable bonds is 3. The smallest absolute Gasteiger partial charge is 0.355 e. The summed E-state index contributed by atoms with van der Waals surface area (Å²) in [4.78, 5) is 15.2. The maximum atomic E-state index is 11.2. The third-order valence-corrected chi connectivity index (χ3v) is 3.52. The molecule has 0 bridgehead atoms. The van der Waals surface area contributed by atoms with E-state index in [1.807, 2.05) is 37.3 Å². The van der Waals surface area contributed by atoms with Gasteiger partial charge in [0.2, 0.25) is 0 Å². The van der Waals surface area contributed by atoms with Gasteiger partial charge in [-0.2, -0.15) is 0 Å². The summed E-state index contributed by atoms with van der Waals surface area (Å²) >= 11 is 9.07. The number of carboxylic acid groups (broad SMARTS) is 1. The number of benzene rings is 1. The Morgan fingerprint density at radius 2 is 2.00 bits per heavy atom. The van der Waals surface area contributed by atoms with Crippen molar-refractivity contribution in [3.63, 3.8) is 0 Å². The topological polar surface area (TPSA) is 55.1 Å². The minimum atomic E-state index is -1.10. The second-order valence-corrected chi connectivity index (χ2v) is 4.85. The molecule has 0 aliphatic carbocycles. The fraction of sp³-hybridized carbons (Fsp3) is 0.167. The number of aromatic carboxylic acids is 1. The van der Waals surface area contributed by atoms with Gasteiger partial charge >= 0.3 is 5.97 Å². The van der Waals surface area contributed by atoms with Crippen LogP contribution < -0.4 is 0 Å². The molecule has 4 nitrogen and oxygen atoms in total. The van der Waals surface area contributed by atoms with Gasteiger partial charge in [-0.25, -0.2) is 9.78 Å². The van der Waals surface area contributed by atoms with Crippen molar-refractivity contribution in [1.29, 1.82) is 0 Å². The molecule has 0 spiro atoms. The summed E-state index contributed by atoms with van der Waals surface area (Å²) < 4.78 is 1.96. The number of carbonyl (C=O) groups is 1. The van der Waals surface area contributed by atoms with Gasteiger partial charge in [-0.15, -0.1) is 0 Å². The van der Waals surface area contributed by atoms with E-state index in [2.05, 4.69) is 20.9 Å². The van der Waals surface area contributed by atoms with Gasteiger partial charge in [-0.1, -0.05) is 41.9 Å². The maximum absolute atomic E-state index is 11.2. The molecule has 19 heavy (non-hydrogen) atoms. The predicted octanol–water partition coefficient (Wildman–Crippen LogP) is 3.60. The Morgan fingerprint density at radius 3 is 2.53 bits per heavy atom. The van der Waals surface area contributed by atoms with Crippen LogP contribution >= 0.6 is 27.5 Å². The molecule has 2 rings (SSSR count). The van der Waals surface area contributed by atoms with Gasteiger partial charge < -0.3 is 9.67 Å². The van der Waals surface area contributed by atoms with Crippen molar-refractivity contribution >= 4 is 33.5 Å². The Labute approximate surface area is 139 Å². The summed E-state index contributed by atoms with van der Waals surface area (Å²) in [5, 5.41) is 9.17. The number of nitrogens with zero attached hydrogens (tertiary/aromatic N) is 2. The van der Waals surface area contributed by atoms with E-state index in [1.54, 1.807) is 4.57 Å². The van der Waals surface area contributed by atoms with E-state index in [-0.39, 0.29) is 39.3 Å². The molecule has 2 aromatic rings. The Kier molecular flexibility index (Phi) is 5.82. The van der Waals surface area contributed by atoms with Crippen molar-refractivity contribution in [3.8, 4) is 0 Å². The van der Waals surface area contributed by atoms with Crippen LogP contribution in [0.1, 0.15) is 29.0 Å². The molecule has 0 fully saturated rings. The van der Waals surface area contributed by atoms with E-state index in [1.165, 1.54) is 0 Å². The second kappa shape index (κ2) is 6.72. The zero-order valence-corrected chi connectivity index (χ0v) is 13.6. The van der Waals surface area contributed by atoms with Crippen LogP contribution in [0.25, 0.3) is 0 Å². The minimum Gasteiger partial charge on any atom is -0.476 e. The third kappa shape index (κ3) is 3.30. The number of imidazole rings is 1. The Morgan fingerprint density at radius 1 is 1.42 bits per heavy atom. The molecule has 1 heterocycles. The van der Waals surface area contributed by atoms with Crippen LogP contribution in [0.2, 0.25) is 5.15 Å². The van der Waals surface area contributed by atoms with Crippen molar-refractivity contribution in [3.05, 3.63) is 51.5 Å². The average molecular weight is 437 g/mol. The zero-order valence-electron chi connectivity index (χ0n) is 9.77. The SMILES string of the molecule is C[C@H](c1ccccc1)n1c(Br)nc(Cl)c1C(=O)O.[Ag]. The molecule has 105 valence electrons.